The van der Waals surface area contributed by atoms with E-state index < -0.39 is 5.97 Å². The van der Waals surface area contributed by atoms with E-state index in [1.54, 1.807) is 17.5 Å². The fraction of sp³-hybridized carbons (Fsp3) is 0.375. The fourth-order valence-corrected chi connectivity index (χ4v) is 3.81. The molecule has 5 heteroatoms. The van der Waals surface area contributed by atoms with E-state index >= 15 is 0 Å². The quantitative estimate of drug-likeness (QED) is 0.943. The number of aliphatic carboxylic acids is 1. The Morgan fingerprint density at radius 3 is 2.95 bits per heavy atom. The molecule has 1 aliphatic rings. The van der Waals surface area contributed by atoms with Gasteiger partial charge in [-0.05, 0) is 43.0 Å². The Morgan fingerprint density at radius 2 is 2.29 bits per heavy atom. The Morgan fingerprint density at radius 1 is 1.38 bits per heavy atom. The highest BCUT2D eigenvalue weighted by Gasteiger charge is 2.32. The minimum atomic E-state index is -0.689. The van der Waals surface area contributed by atoms with Crippen LogP contribution in [0.2, 0.25) is 0 Å². The normalized spacial score (nSPS) is 21.0. The molecular weight excluding hydrogens is 284 g/mol. The lowest BCUT2D eigenvalue weighted by molar-refractivity contribution is -0.143. The third-order valence-electron chi connectivity index (χ3n) is 3.95. The number of likely N-dealkylation sites (tertiary alicyclic amines) is 1. The van der Waals surface area contributed by atoms with E-state index in [-0.39, 0.29) is 12.0 Å². The number of carboxylic acid groups (broad SMARTS) is 1. The fourth-order valence-electron chi connectivity index (χ4n) is 2.94. The number of thiophene rings is 1. The van der Waals surface area contributed by atoms with Crippen LogP contribution in [0.4, 0.5) is 0 Å². The van der Waals surface area contributed by atoms with Gasteiger partial charge >= 0.3 is 5.97 Å². The van der Waals surface area contributed by atoms with Crippen molar-refractivity contribution in [1.82, 2.24) is 9.88 Å². The molecule has 110 valence electrons. The molecule has 2 aromatic rings. The smallest absolute Gasteiger partial charge is 0.307 e. The summed E-state index contributed by atoms with van der Waals surface area (Å²) in [6, 6.07) is 10.1. The first-order valence-electron chi connectivity index (χ1n) is 7.17. The molecule has 0 amide bonds. The second-order valence-electron chi connectivity index (χ2n) is 5.34. The second-order valence-corrected chi connectivity index (χ2v) is 6.32. The average molecular weight is 302 g/mol. The highest BCUT2D eigenvalue weighted by Crippen LogP contribution is 2.33. The van der Waals surface area contributed by atoms with Crippen molar-refractivity contribution in [2.24, 2.45) is 5.92 Å². The number of nitrogens with zero attached hydrogens (tertiary/aromatic N) is 2. The second kappa shape index (κ2) is 6.37. The predicted octanol–water partition coefficient (Wildman–Crippen LogP) is 3.03. The monoisotopic (exact) mass is 302 g/mol. The van der Waals surface area contributed by atoms with Gasteiger partial charge in [-0.3, -0.25) is 14.7 Å². The largest absolute Gasteiger partial charge is 0.481 e. The molecule has 2 unspecified atom stereocenters. The molecule has 2 atom stereocenters. The Kier molecular flexibility index (Phi) is 4.31. The summed E-state index contributed by atoms with van der Waals surface area (Å²) in [5.41, 5.74) is 0.992. The van der Waals surface area contributed by atoms with Crippen LogP contribution in [0.15, 0.2) is 41.9 Å². The molecule has 0 saturated carbocycles. The summed E-state index contributed by atoms with van der Waals surface area (Å²) in [5.74, 6) is -0.962. The highest BCUT2D eigenvalue weighted by atomic mass is 32.1. The molecule has 21 heavy (non-hydrogen) atoms. The number of piperidine rings is 1. The summed E-state index contributed by atoms with van der Waals surface area (Å²) >= 11 is 1.70. The van der Waals surface area contributed by atoms with Crippen molar-refractivity contribution in [1.29, 1.82) is 0 Å². The van der Waals surface area contributed by atoms with Crippen molar-refractivity contribution in [2.45, 2.75) is 18.9 Å². The number of aromatic nitrogens is 1. The standard InChI is InChI=1S/C16H18N2O2S/c19-16(20)12-5-3-9-18(11-12)15(14-7-4-10-21-14)13-6-1-2-8-17-13/h1-2,4,6-8,10,12,15H,3,5,9,11H2,(H,19,20). The number of carboxylic acids is 1. The summed E-state index contributed by atoms with van der Waals surface area (Å²) in [6.45, 7) is 1.51. The summed E-state index contributed by atoms with van der Waals surface area (Å²) in [7, 11) is 0. The minimum absolute atomic E-state index is 0.0633. The van der Waals surface area contributed by atoms with Gasteiger partial charge in [0.25, 0.3) is 0 Å². The molecule has 4 nitrogen and oxygen atoms in total. The molecule has 3 rings (SSSR count). The number of hydrogen-bond acceptors (Lipinski definition) is 4. The van der Waals surface area contributed by atoms with Crippen LogP contribution in [-0.4, -0.2) is 34.0 Å². The molecule has 3 heterocycles. The van der Waals surface area contributed by atoms with Crippen molar-refractivity contribution < 1.29 is 9.90 Å². The van der Waals surface area contributed by atoms with Gasteiger partial charge in [0.2, 0.25) is 0 Å². The maximum absolute atomic E-state index is 11.3. The van der Waals surface area contributed by atoms with Crippen LogP contribution >= 0.6 is 11.3 Å². The third-order valence-corrected chi connectivity index (χ3v) is 4.87. The van der Waals surface area contributed by atoms with Crippen LogP contribution in [0.3, 0.4) is 0 Å². The van der Waals surface area contributed by atoms with E-state index in [2.05, 4.69) is 21.3 Å². The molecule has 1 aliphatic heterocycles. The highest BCUT2D eigenvalue weighted by molar-refractivity contribution is 7.10. The molecule has 1 saturated heterocycles. The number of hydrogen-bond donors (Lipinski definition) is 1. The van der Waals surface area contributed by atoms with E-state index in [1.165, 1.54) is 4.88 Å². The van der Waals surface area contributed by atoms with Gasteiger partial charge in [-0.2, -0.15) is 0 Å². The van der Waals surface area contributed by atoms with E-state index in [1.807, 2.05) is 24.3 Å². The zero-order valence-electron chi connectivity index (χ0n) is 11.7. The zero-order chi connectivity index (χ0) is 14.7. The van der Waals surface area contributed by atoms with Gasteiger partial charge in [0.1, 0.15) is 0 Å². The lowest BCUT2D eigenvalue weighted by Crippen LogP contribution is -2.41. The Hall–Kier alpha value is -1.72. The van der Waals surface area contributed by atoms with Crippen molar-refractivity contribution >= 4 is 17.3 Å². The van der Waals surface area contributed by atoms with Crippen LogP contribution in [0.25, 0.3) is 0 Å². The Bertz CT molecular complexity index is 586. The Labute approximate surface area is 128 Å². The number of pyridine rings is 1. The number of carbonyl (C=O) groups is 1. The first-order valence-corrected chi connectivity index (χ1v) is 8.05. The van der Waals surface area contributed by atoms with Crippen molar-refractivity contribution in [2.75, 3.05) is 13.1 Å². The predicted molar refractivity (Wildman–Crippen MR) is 82.3 cm³/mol. The summed E-state index contributed by atoms with van der Waals surface area (Å²) < 4.78 is 0. The van der Waals surface area contributed by atoms with E-state index in [4.69, 9.17) is 0 Å². The maximum atomic E-state index is 11.3. The van der Waals surface area contributed by atoms with Gasteiger partial charge in [-0.1, -0.05) is 12.1 Å². The minimum Gasteiger partial charge on any atom is -0.481 e. The van der Waals surface area contributed by atoms with Crippen LogP contribution < -0.4 is 0 Å². The molecule has 0 radical (unpaired) electrons. The van der Waals surface area contributed by atoms with Gasteiger partial charge in [0, 0.05) is 17.6 Å². The lowest BCUT2D eigenvalue weighted by Gasteiger charge is -2.36. The zero-order valence-corrected chi connectivity index (χ0v) is 12.5. The average Bonchev–Trinajstić information content (AvgIpc) is 3.03. The van der Waals surface area contributed by atoms with E-state index in [0.717, 1.165) is 25.1 Å². The topological polar surface area (TPSA) is 53.4 Å². The maximum Gasteiger partial charge on any atom is 0.307 e. The van der Waals surface area contributed by atoms with E-state index in [9.17, 15) is 9.90 Å². The van der Waals surface area contributed by atoms with Gasteiger partial charge < -0.3 is 5.11 Å². The van der Waals surface area contributed by atoms with Crippen molar-refractivity contribution in [3.8, 4) is 0 Å². The molecule has 1 N–H and O–H groups in total. The van der Waals surface area contributed by atoms with Crippen molar-refractivity contribution in [3.63, 3.8) is 0 Å². The van der Waals surface area contributed by atoms with Crippen LogP contribution in [0, 0.1) is 5.92 Å². The third kappa shape index (κ3) is 3.14. The molecule has 0 aliphatic carbocycles. The lowest BCUT2D eigenvalue weighted by atomic mass is 9.95. The summed E-state index contributed by atoms with van der Waals surface area (Å²) in [4.78, 5) is 19.3. The molecule has 1 fully saturated rings. The molecule has 0 aromatic carbocycles. The summed E-state index contributed by atoms with van der Waals surface area (Å²) in [6.07, 6.45) is 3.49. The summed E-state index contributed by atoms with van der Waals surface area (Å²) in [5, 5.41) is 11.4. The van der Waals surface area contributed by atoms with Gasteiger partial charge in [-0.15, -0.1) is 11.3 Å². The first-order chi connectivity index (χ1) is 10.3. The molecule has 2 aromatic heterocycles. The van der Waals surface area contributed by atoms with E-state index in [0.29, 0.717) is 6.54 Å². The van der Waals surface area contributed by atoms with Crippen LogP contribution in [0.1, 0.15) is 29.5 Å². The van der Waals surface area contributed by atoms with Crippen LogP contribution in [-0.2, 0) is 4.79 Å². The van der Waals surface area contributed by atoms with Crippen molar-refractivity contribution in [3.05, 3.63) is 52.5 Å². The SMILES string of the molecule is O=C(O)C1CCCN(C(c2ccccn2)c2cccs2)C1. The van der Waals surface area contributed by atoms with Crippen LogP contribution in [0.5, 0.6) is 0 Å². The number of rotatable bonds is 4. The van der Waals surface area contributed by atoms with Gasteiger partial charge in [-0.25, -0.2) is 0 Å². The Balaban J connectivity index is 1.91. The van der Waals surface area contributed by atoms with Gasteiger partial charge in [0.15, 0.2) is 0 Å². The molecule has 0 bridgehead atoms. The molecule has 0 spiro atoms. The first kappa shape index (κ1) is 14.2. The van der Waals surface area contributed by atoms with Gasteiger partial charge in [0.05, 0.1) is 17.7 Å². The molecular formula is C16H18N2O2S.